The molecular formula is C12H18N2O2. The zero-order chi connectivity index (χ0) is 12.1. The van der Waals surface area contributed by atoms with E-state index >= 15 is 0 Å². The van der Waals surface area contributed by atoms with Crippen LogP contribution in [0.4, 0.5) is 5.69 Å². The first-order chi connectivity index (χ1) is 7.56. The summed E-state index contributed by atoms with van der Waals surface area (Å²) < 4.78 is 0. The molecule has 0 saturated carbocycles. The van der Waals surface area contributed by atoms with E-state index in [0.717, 1.165) is 12.0 Å². The Morgan fingerprint density at radius 2 is 1.88 bits per heavy atom. The molecule has 1 aromatic rings. The molecule has 0 bridgehead atoms. The second kappa shape index (κ2) is 5.61. The molecule has 2 unspecified atom stereocenters. The standard InChI is InChI=1S/C12H18N2O2/c1-9(7-8-13)10(2)11-3-5-12(6-4-11)14(15)16/h3-6,9-10H,7-8,13H2,1-2H3. The van der Waals surface area contributed by atoms with Crippen LogP contribution in [0, 0.1) is 16.0 Å². The fraction of sp³-hybridized carbons (Fsp3) is 0.500. The Balaban J connectivity index is 2.77. The highest BCUT2D eigenvalue weighted by Gasteiger charge is 2.14. The molecule has 0 aromatic heterocycles. The van der Waals surface area contributed by atoms with Gasteiger partial charge in [-0.05, 0) is 30.4 Å². The monoisotopic (exact) mass is 222 g/mol. The van der Waals surface area contributed by atoms with Gasteiger partial charge in [0.15, 0.2) is 0 Å². The van der Waals surface area contributed by atoms with Gasteiger partial charge in [0.2, 0.25) is 0 Å². The van der Waals surface area contributed by atoms with Gasteiger partial charge in [-0.3, -0.25) is 10.1 Å². The van der Waals surface area contributed by atoms with Crippen LogP contribution in [0.1, 0.15) is 31.7 Å². The van der Waals surface area contributed by atoms with Crippen molar-refractivity contribution in [1.29, 1.82) is 0 Å². The number of hydrogen-bond acceptors (Lipinski definition) is 3. The molecule has 0 aliphatic rings. The number of rotatable bonds is 5. The van der Waals surface area contributed by atoms with E-state index in [1.54, 1.807) is 12.1 Å². The van der Waals surface area contributed by atoms with E-state index in [1.165, 1.54) is 0 Å². The summed E-state index contributed by atoms with van der Waals surface area (Å²) in [6, 6.07) is 6.77. The largest absolute Gasteiger partial charge is 0.330 e. The maximum absolute atomic E-state index is 10.5. The van der Waals surface area contributed by atoms with Gasteiger partial charge in [0.25, 0.3) is 5.69 Å². The minimum Gasteiger partial charge on any atom is -0.330 e. The van der Waals surface area contributed by atoms with Crippen LogP contribution in [-0.2, 0) is 0 Å². The number of nitro benzene ring substituents is 1. The third-order valence-electron chi connectivity index (χ3n) is 3.11. The summed E-state index contributed by atoms with van der Waals surface area (Å²) in [5.41, 5.74) is 6.79. The first kappa shape index (κ1) is 12.6. The lowest BCUT2D eigenvalue weighted by Crippen LogP contribution is -2.12. The van der Waals surface area contributed by atoms with Crippen molar-refractivity contribution in [2.45, 2.75) is 26.2 Å². The van der Waals surface area contributed by atoms with Crippen molar-refractivity contribution in [2.75, 3.05) is 6.54 Å². The zero-order valence-corrected chi connectivity index (χ0v) is 9.72. The SMILES string of the molecule is CC(CCN)C(C)c1ccc([N+](=O)[O-])cc1. The van der Waals surface area contributed by atoms with Gasteiger partial charge < -0.3 is 5.73 Å². The fourth-order valence-electron chi connectivity index (χ4n) is 1.74. The highest BCUT2D eigenvalue weighted by atomic mass is 16.6. The number of benzene rings is 1. The molecule has 2 N–H and O–H groups in total. The predicted octanol–water partition coefficient (Wildman–Crippen LogP) is 2.68. The summed E-state index contributed by atoms with van der Waals surface area (Å²) in [6.07, 6.45) is 0.970. The van der Waals surface area contributed by atoms with Gasteiger partial charge >= 0.3 is 0 Å². The van der Waals surface area contributed by atoms with Crippen LogP contribution < -0.4 is 5.73 Å². The predicted molar refractivity (Wildman–Crippen MR) is 64.3 cm³/mol. The molecule has 88 valence electrons. The van der Waals surface area contributed by atoms with Crippen molar-refractivity contribution < 1.29 is 4.92 Å². The molecule has 0 aliphatic carbocycles. The van der Waals surface area contributed by atoms with Gasteiger partial charge in [0.1, 0.15) is 0 Å². The molecule has 0 saturated heterocycles. The lowest BCUT2D eigenvalue weighted by atomic mass is 9.87. The van der Waals surface area contributed by atoms with Crippen LogP contribution in [-0.4, -0.2) is 11.5 Å². The highest BCUT2D eigenvalue weighted by molar-refractivity contribution is 5.34. The number of hydrogen-bond donors (Lipinski definition) is 1. The van der Waals surface area contributed by atoms with E-state index in [1.807, 2.05) is 12.1 Å². The van der Waals surface area contributed by atoms with Crippen molar-refractivity contribution in [1.82, 2.24) is 0 Å². The summed E-state index contributed by atoms with van der Waals surface area (Å²) in [5, 5.41) is 10.5. The van der Waals surface area contributed by atoms with E-state index < -0.39 is 0 Å². The Labute approximate surface area is 95.6 Å². The Bertz CT molecular complexity index is 349. The van der Waals surface area contributed by atoms with Gasteiger partial charge in [-0.25, -0.2) is 0 Å². The van der Waals surface area contributed by atoms with E-state index in [4.69, 9.17) is 5.73 Å². The van der Waals surface area contributed by atoms with Crippen molar-refractivity contribution in [3.63, 3.8) is 0 Å². The third-order valence-corrected chi connectivity index (χ3v) is 3.11. The molecule has 2 atom stereocenters. The third kappa shape index (κ3) is 3.03. The second-order valence-corrected chi connectivity index (χ2v) is 4.19. The lowest BCUT2D eigenvalue weighted by molar-refractivity contribution is -0.384. The van der Waals surface area contributed by atoms with E-state index in [9.17, 15) is 10.1 Å². The van der Waals surface area contributed by atoms with Crippen LogP contribution in [0.3, 0.4) is 0 Å². The van der Waals surface area contributed by atoms with Crippen molar-refractivity contribution >= 4 is 5.69 Å². The minimum atomic E-state index is -0.377. The van der Waals surface area contributed by atoms with Crippen LogP contribution >= 0.6 is 0 Å². The van der Waals surface area contributed by atoms with Gasteiger partial charge in [0, 0.05) is 12.1 Å². The lowest BCUT2D eigenvalue weighted by Gasteiger charge is -2.19. The quantitative estimate of drug-likeness (QED) is 0.615. The molecule has 0 heterocycles. The Hall–Kier alpha value is -1.42. The molecule has 0 aliphatic heterocycles. The van der Waals surface area contributed by atoms with Crippen molar-refractivity contribution in [3.05, 3.63) is 39.9 Å². The molecule has 16 heavy (non-hydrogen) atoms. The molecule has 0 fully saturated rings. The molecule has 0 spiro atoms. The molecule has 4 nitrogen and oxygen atoms in total. The Morgan fingerprint density at radius 1 is 1.31 bits per heavy atom. The summed E-state index contributed by atoms with van der Waals surface area (Å²) in [5.74, 6) is 0.871. The number of nitro groups is 1. The average molecular weight is 222 g/mol. The molecule has 1 aromatic carbocycles. The van der Waals surface area contributed by atoms with Crippen LogP contribution in [0.25, 0.3) is 0 Å². The summed E-state index contributed by atoms with van der Waals surface area (Å²) in [6.45, 7) is 4.96. The molecule has 0 amide bonds. The number of nitrogens with zero attached hydrogens (tertiary/aromatic N) is 1. The van der Waals surface area contributed by atoms with Crippen LogP contribution in [0.15, 0.2) is 24.3 Å². The summed E-state index contributed by atoms with van der Waals surface area (Å²) >= 11 is 0. The Morgan fingerprint density at radius 3 is 2.31 bits per heavy atom. The number of nitrogens with two attached hydrogens (primary N) is 1. The van der Waals surface area contributed by atoms with E-state index in [-0.39, 0.29) is 10.6 Å². The maximum Gasteiger partial charge on any atom is 0.269 e. The minimum absolute atomic E-state index is 0.141. The highest BCUT2D eigenvalue weighted by Crippen LogP contribution is 2.27. The van der Waals surface area contributed by atoms with Crippen LogP contribution in [0.2, 0.25) is 0 Å². The van der Waals surface area contributed by atoms with Crippen LogP contribution in [0.5, 0.6) is 0 Å². The van der Waals surface area contributed by atoms with Crippen molar-refractivity contribution in [3.8, 4) is 0 Å². The second-order valence-electron chi connectivity index (χ2n) is 4.19. The van der Waals surface area contributed by atoms with Gasteiger partial charge in [-0.15, -0.1) is 0 Å². The molecule has 1 rings (SSSR count). The first-order valence-electron chi connectivity index (χ1n) is 5.50. The number of non-ortho nitro benzene ring substituents is 1. The molecule has 4 heteroatoms. The van der Waals surface area contributed by atoms with Gasteiger partial charge in [-0.2, -0.15) is 0 Å². The van der Waals surface area contributed by atoms with Crippen molar-refractivity contribution in [2.24, 2.45) is 11.7 Å². The topological polar surface area (TPSA) is 69.2 Å². The zero-order valence-electron chi connectivity index (χ0n) is 9.72. The fourth-order valence-corrected chi connectivity index (χ4v) is 1.74. The first-order valence-corrected chi connectivity index (χ1v) is 5.50. The molecule has 0 radical (unpaired) electrons. The smallest absolute Gasteiger partial charge is 0.269 e. The Kier molecular flexibility index (Phi) is 4.43. The summed E-state index contributed by atoms with van der Waals surface area (Å²) in [7, 11) is 0. The average Bonchev–Trinajstić information content (AvgIpc) is 2.28. The molecular weight excluding hydrogens is 204 g/mol. The van der Waals surface area contributed by atoms with Gasteiger partial charge in [-0.1, -0.05) is 26.0 Å². The van der Waals surface area contributed by atoms with E-state index in [0.29, 0.717) is 18.4 Å². The summed E-state index contributed by atoms with van der Waals surface area (Å²) in [4.78, 5) is 10.1. The van der Waals surface area contributed by atoms with Gasteiger partial charge in [0.05, 0.1) is 4.92 Å². The normalized spacial score (nSPS) is 14.4. The maximum atomic E-state index is 10.5. The van der Waals surface area contributed by atoms with E-state index in [2.05, 4.69) is 13.8 Å².